The monoisotopic (exact) mass is 387 g/mol. The van der Waals surface area contributed by atoms with Gasteiger partial charge in [0.05, 0.1) is 30.2 Å². The van der Waals surface area contributed by atoms with Gasteiger partial charge in [0.1, 0.15) is 11.3 Å². The van der Waals surface area contributed by atoms with Crippen LogP contribution >= 0.6 is 11.3 Å². The molecular formula is C19H21N3O4S. The molecule has 1 aromatic carbocycles. The third-order valence-electron chi connectivity index (χ3n) is 4.64. The lowest BCUT2D eigenvalue weighted by atomic mass is 10.2. The van der Waals surface area contributed by atoms with Crippen molar-refractivity contribution in [3.63, 3.8) is 0 Å². The Hall–Kier alpha value is -2.45. The fraction of sp³-hybridized carbons (Fsp3) is 0.421. The topological polar surface area (TPSA) is 77.7 Å². The number of anilines is 1. The Bertz CT molecular complexity index is 975. The summed E-state index contributed by atoms with van der Waals surface area (Å²) in [5.74, 6) is 0.633. The van der Waals surface area contributed by atoms with Crippen LogP contribution in [0.1, 0.15) is 34.7 Å². The molecule has 0 unspecified atom stereocenters. The number of rotatable bonds is 5. The van der Waals surface area contributed by atoms with Crippen molar-refractivity contribution in [1.82, 2.24) is 10.1 Å². The van der Waals surface area contributed by atoms with E-state index >= 15 is 0 Å². The average molecular weight is 387 g/mol. The van der Waals surface area contributed by atoms with Crippen LogP contribution in [0.25, 0.3) is 10.2 Å². The second kappa shape index (κ2) is 7.28. The van der Waals surface area contributed by atoms with E-state index in [0.717, 1.165) is 35.2 Å². The minimum atomic E-state index is -0.262. The fourth-order valence-electron chi connectivity index (χ4n) is 3.22. The molecule has 7 nitrogen and oxygen atoms in total. The largest absolute Gasteiger partial charge is 0.494 e. The van der Waals surface area contributed by atoms with Crippen LogP contribution in [0.4, 0.5) is 5.13 Å². The molecule has 142 valence electrons. The number of hydrogen-bond acceptors (Lipinski definition) is 7. The average Bonchev–Trinajstić information content (AvgIpc) is 3.40. The van der Waals surface area contributed by atoms with E-state index in [9.17, 15) is 4.79 Å². The number of hydrogen-bond donors (Lipinski definition) is 0. The Labute approximate surface area is 160 Å². The zero-order valence-electron chi connectivity index (χ0n) is 15.5. The second-order valence-corrected chi connectivity index (χ2v) is 7.62. The number of methoxy groups -OCH3 is 1. The highest BCUT2D eigenvalue weighted by Crippen LogP contribution is 2.37. The maximum absolute atomic E-state index is 13.1. The van der Waals surface area contributed by atoms with E-state index in [4.69, 9.17) is 19.0 Å². The number of nitrogens with zero attached hydrogens (tertiary/aromatic N) is 3. The highest BCUT2D eigenvalue weighted by Gasteiger charge is 2.29. The van der Waals surface area contributed by atoms with E-state index in [1.807, 2.05) is 19.1 Å². The molecule has 1 amide bonds. The molecule has 1 fully saturated rings. The smallest absolute Gasteiger partial charge is 0.298 e. The first-order valence-corrected chi connectivity index (χ1v) is 9.69. The minimum Gasteiger partial charge on any atom is -0.494 e. The molecule has 0 bridgehead atoms. The van der Waals surface area contributed by atoms with Crippen LogP contribution in [0.15, 0.2) is 22.7 Å². The Balaban J connectivity index is 1.76. The summed E-state index contributed by atoms with van der Waals surface area (Å²) in [5, 5.41) is 4.44. The summed E-state index contributed by atoms with van der Waals surface area (Å²) >= 11 is 1.47. The van der Waals surface area contributed by atoms with Gasteiger partial charge in [-0.1, -0.05) is 22.6 Å². The molecule has 8 heteroatoms. The normalized spacial score (nSPS) is 16.8. The molecule has 0 spiro atoms. The molecule has 0 saturated carbocycles. The Morgan fingerprint density at radius 3 is 2.93 bits per heavy atom. The van der Waals surface area contributed by atoms with Gasteiger partial charge in [-0.3, -0.25) is 9.69 Å². The second-order valence-electron chi connectivity index (χ2n) is 6.64. The number of amides is 1. The lowest BCUT2D eigenvalue weighted by Gasteiger charge is -2.21. The molecule has 3 aromatic rings. The van der Waals surface area contributed by atoms with Gasteiger partial charge in [0, 0.05) is 12.7 Å². The first kappa shape index (κ1) is 17.9. The van der Waals surface area contributed by atoms with E-state index in [-0.39, 0.29) is 17.8 Å². The van der Waals surface area contributed by atoms with Crippen LogP contribution in [0, 0.1) is 13.8 Å². The van der Waals surface area contributed by atoms with E-state index in [2.05, 4.69) is 5.16 Å². The summed E-state index contributed by atoms with van der Waals surface area (Å²) < 4.78 is 17.4. The van der Waals surface area contributed by atoms with E-state index in [1.54, 1.807) is 25.0 Å². The number of fused-ring (bicyclic) bond motifs is 1. The SMILES string of the molecule is COc1ccc(C)c2sc(N(C[C@H]3CCCO3)C(=O)c3cc(C)no3)nc12. The predicted octanol–water partition coefficient (Wildman–Crippen LogP) is 3.74. The fourth-order valence-corrected chi connectivity index (χ4v) is 4.27. The molecule has 2 aromatic heterocycles. The van der Waals surface area contributed by atoms with Gasteiger partial charge in [0.2, 0.25) is 5.76 Å². The van der Waals surface area contributed by atoms with Gasteiger partial charge < -0.3 is 14.0 Å². The predicted molar refractivity (Wildman–Crippen MR) is 103 cm³/mol. The highest BCUT2D eigenvalue weighted by atomic mass is 32.1. The summed E-state index contributed by atoms with van der Waals surface area (Å²) in [7, 11) is 1.62. The number of aryl methyl sites for hydroxylation is 2. The number of benzene rings is 1. The molecule has 27 heavy (non-hydrogen) atoms. The summed E-state index contributed by atoms with van der Waals surface area (Å²) in [6.45, 7) is 4.97. The maximum Gasteiger partial charge on any atom is 0.298 e. The summed E-state index contributed by atoms with van der Waals surface area (Å²) in [6.07, 6.45) is 1.92. The van der Waals surface area contributed by atoms with Crippen molar-refractivity contribution in [3.05, 3.63) is 35.2 Å². The van der Waals surface area contributed by atoms with Crippen LogP contribution in [-0.2, 0) is 4.74 Å². The van der Waals surface area contributed by atoms with Gasteiger partial charge in [-0.2, -0.15) is 0 Å². The first-order chi connectivity index (χ1) is 13.1. The van der Waals surface area contributed by atoms with Gasteiger partial charge in [-0.15, -0.1) is 0 Å². The van der Waals surface area contributed by atoms with Crippen LogP contribution in [0.5, 0.6) is 5.75 Å². The van der Waals surface area contributed by atoms with Crippen molar-refractivity contribution in [2.75, 3.05) is 25.2 Å². The highest BCUT2D eigenvalue weighted by molar-refractivity contribution is 7.22. The molecule has 0 N–H and O–H groups in total. The maximum atomic E-state index is 13.1. The minimum absolute atomic E-state index is 0.00651. The lowest BCUT2D eigenvalue weighted by Crippen LogP contribution is -2.37. The lowest BCUT2D eigenvalue weighted by molar-refractivity contribution is 0.0887. The zero-order chi connectivity index (χ0) is 19.0. The van der Waals surface area contributed by atoms with E-state index < -0.39 is 0 Å². The van der Waals surface area contributed by atoms with Gasteiger partial charge in [-0.05, 0) is 38.3 Å². The molecule has 0 aliphatic carbocycles. The summed E-state index contributed by atoms with van der Waals surface area (Å²) in [5.41, 5.74) is 2.52. The Kier molecular flexibility index (Phi) is 4.84. The number of carbonyl (C=O) groups excluding carboxylic acids is 1. The first-order valence-electron chi connectivity index (χ1n) is 8.87. The van der Waals surface area contributed by atoms with Crippen LogP contribution in [-0.4, -0.2) is 42.4 Å². The third-order valence-corrected chi connectivity index (χ3v) is 5.85. The van der Waals surface area contributed by atoms with Crippen molar-refractivity contribution < 1.29 is 18.8 Å². The Morgan fingerprint density at radius 2 is 2.26 bits per heavy atom. The summed E-state index contributed by atoms with van der Waals surface area (Å²) in [6, 6.07) is 5.53. The van der Waals surface area contributed by atoms with Crippen molar-refractivity contribution in [1.29, 1.82) is 0 Å². The summed E-state index contributed by atoms with van der Waals surface area (Å²) in [4.78, 5) is 19.5. The number of thiazole rings is 1. The van der Waals surface area contributed by atoms with Crippen LogP contribution in [0.3, 0.4) is 0 Å². The molecule has 1 saturated heterocycles. The molecule has 1 aliphatic heterocycles. The van der Waals surface area contributed by atoms with E-state index in [0.29, 0.717) is 23.1 Å². The zero-order valence-corrected chi connectivity index (χ0v) is 16.3. The molecule has 1 atom stereocenters. The van der Waals surface area contributed by atoms with Crippen LogP contribution < -0.4 is 9.64 Å². The van der Waals surface area contributed by atoms with Crippen molar-refractivity contribution >= 4 is 32.6 Å². The molecular weight excluding hydrogens is 366 g/mol. The van der Waals surface area contributed by atoms with Gasteiger partial charge >= 0.3 is 0 Å². The third kappa shape index (κ3) is 3.42. The van der Waals surface area contributed by atoms with Crippen molar-refractivity contribution in [2.24, 2.45) is 0 Å². The standard InChI is InChI=1S/C19H21N3O4S/c1-11-6-7-14(24-3)16-17(11)27-19(20-16)22(10-13-5-4-8-25-13)18(23)15-9-12(2)21-26-15/h6-7,9,13H,4-5,8,10H2,1-3H3/t13-/m1/s1. The van der Waals surface area contributed by atoms with Gasteiger partial charge in [0.25, 0.3) is 5.91 Å². The van der Waals surface area contributed by atoms with E-state index in [1.165, 1.54) is 11.3 Å². The van der Waals surface area contributed by atoms with Crippen LogP contribution in [0.2, 0.25) is 0 Å². The molecule has 0 radical (unpaired) electrons. The van der Waals surface area contributed by atoms with Gasteiger partial charge in [-0.25, -0.2) is 4.98 Å². The quantitative estimate of drug-likeness (QED) is 0.664. The molecule has 3 heterocycles. The van der Waals surface area contributed by atoms with Crippen molar-refractivity contribution in [3.8, 4) is 5.75 Å². The molecule has 4 rings (SSSR count). The Morgan fingerprint density at radius 1 is 1.41 bits per heavy atom. The molecule has 1 aliphatic rings. The van der Waals surface area contributed by atoms with Crippen molar-refractivity contribution in [2.45, 2.75) is 32.8 Å². The number of aromatic nitrogens is 2. The number of ether oxygens (including phenoxy) is 2. The number of carbonyl (C=O) groups is 1. The van der Waals surface area contributed by atoms with Gasteiger partial charge in [0.15, 0.2) is 5.13 Å².